The molecule has 0 aliphatic rings. The van der Waals surface area contributed by atoms with Crippen LogP contribution in [0.25, 0.3) is 0 Å². The maximum atomic E-state index is 10.7. The van der Waals surface area contributed by atoms with Crippen molar-refractivity contribution in [3.05, 3.63) is 29.8 Å². The highest BCUT2D eigenvalue weighted by molar-refractivity contribution is 5.69. The molecule has 0 bridgehead atoms. The highest BCUT2D eigenvalue weighted by atomic mass is 16.7. The van der Waals surface area contributed by atoms with Crippen LogP contribution in [0, 0.1) is 0 Å². The Morgan fingerprint density at radius 3 is 2.69 bits per heavy atom. The summed E-state index contributed by atoms with van der Waals surface area (Å²) in [5.74, 6) is 0.0181. The van der Waals surface area contributed by atoms with Gasteiger partial charge in [0.15, 0.2) is 0 Å². The molecule has 0 aromatic heterocycles. The van der Waals surface area contributed by atoms with Gasteiger partial charge < -0.3 is 14.2 Å². The van der Waals surface area contributed by atoms with E-state index in [0.717, 1.165) is 0 Å². The first-order valence-electron chi connectivity index (χ1n) is 4.60. The molecule has 1 aromatic rings. The van der Waals surface area contributed by atoms with E-state index in [1.807, 2.05) is 0 Å². The lowest BCUT2D eigenvalue weighted by Crippen LogP contribution is -2.05. The van der Waals surface area contributed by atoms with Gasteiger partial charge in [-0.25, -0.2) is 4.79 Å². The van der Waals surface area contributed by atoms with Crippen molar-refractivity contribution >= 4 is 12.1 Å². The maximum Gasteiger partial charge on any atom is 0.508 e. The van der Waals surface area contributed by atoms with Crippen molar-refractivity contribution < 1.29 is 23.8 Å². The molecule has 1 rings (SSSR count). The van der Waals surface area contributed by atoms with E-state index in [2.05, 4.69) is 4.74 Å². The Hall–Kier alpha value is -2.04. The third kappa shape index (κ3) is 4.00. The first-order chi connectivity index (χ1) is 7.61. The summed E-state index contributed by atoms with van der Waals surface area (Å²) in [6, 6.07) is 6.71. The smallest absolute Gasteiger partial charge is 0.438 e. The molecule has 5 nitrogen and oxygen atoms in total. The number of carbonyl (C=O) groups is 2. The van der Waals surface area contributed by atoms with Crippen molar-refractivity contribution in [2.45, 2.75) is 13.5 Å². The summed E-state index contributed by atoms with van der Waals surface area (Å²) < 4.78 is 13.9. The molecule has 0 heterocycles. The van der Waals surface area contributed by atoms with Gasteiger partial charge in [-0.15, -0.1) is 0 Å². The van der Waals surface area contributed by atoms with E-state index in [4.69, 9.17) is 9.47 Å². The standard InChI is InChI=1S/C11H12O5/c1-8(12)16-10-5-3-4-9(6-10)7-15-11(13)14-2/h3-6H,7H2,1-2H3. The Morgan fingerprint density at radius 1 is 1.31 bits per heavy atom. The predicted molar refractivity (Wildman–Crippen MR) is 54.9 cm³/mol. The summed E-state index contributed by atoms with van der Waals surface area (Å²) >= 11 is 0. The molecule has 0 amide bonds. The summed E-state index contributed by atoms with van der Waals surface area (Å²) in [7, 11) is 1.23. The van der Waals surface area contributed by atoms with Crippen LogP contribution >= 0.6 is 0 Å². The van der Waals surface area contributed by atoms with Gasteiger partial charge in [0.05, 0.1) is 7.11 Å². The molecule has 0 saturated carbocycles. The van der Waals surface area contributed by atoms with Crippen molar-refractivity contribution in [2.75, 3.05) is 7.11 Å². The fourth-order valence-electron chi connectivity index (χ4n) is 1.07. The van der Waals surface area contributed by atoms with Crippen LogP contribution < -0.4 is 4.74 Å². The van der Waals surface area contributed by atoms with Crippen LogP contribution in [-0.4, -0.2) is 19.2 Å². The van der Waals surface area contributed by atoms with Gasteiger partial charge in [0.1, 0.15) is 12.4 Å². The summed E-state index contributed by atoms with van der Waals surface area (Å²) in [5, 5.41) is 0. The number of carbonyl (C=O) groups excluding carboxylic acids is 2. The fourth-order valence-corrected chi connectivity index (χ4v) is 1.07. The Labute approximate surface area is 92.9 Å². The van der Waals surface area contributed by atoms with Crippen LogP contribution in [0.3, 0.4) is 0 Å². The Bertz CT molecular complexity index is 386. The minimum atomic E-state index is -0.752. The molecule has 0 aliphatic carbocycles. The number of hydrogen-bond donors (Lipinski definition) is 0. The van der Waals surface area contributed by atoms with Gasteiger partial charge in [-0.1, -0.05) is 12.1 Å². The topological polar surface area (TPSA) is 61.8 Å². The molecule has 0 spiro atoms. The van der Waals surface area contributed by atoms with Crippen LogP contribution in [0.4, 0.5) is 4.79 Å². The lowest BCUT2D eigenvalue weighted by atomic mass is 10.2. The van der Waals surface area contributed by atoms with Crippen LogP contribution in [0.2, 0.25) is 0 Å². The lowest BCUT2D eigenvalue weighted by Gasteiger charge is -2.05. The quantitative estimate of drug-likeness (QED) is 0.579. The molecular weight excluding hydrogens is 212 g/mol. The van der Waals surface area contributed by atoms with Gasteiger partial charge in [0.2, 0.25) is 0 Å². The number of hydrogen-bond acceptors (Lipinski definition) is 5. The minimum absolute atomic E-state index is 0.0712. The van der Waals surface area contributed by atoms with Crippen molar-refractivity contribution in [3.63, 3.8) is 0 Å². The molecule has 0 saturated heterocycles. The number of benzene rings is 1. The fraction of sp³-hybridized carbons (Fsp3) is 0.273. The largest absolute Gasteiger partial charge is 0.508 e. The highest BCUT2D eigenvalue weighted by Gasteiger charge is 2.03. The summed E-state index contributed by atoms with van der Waals surface area (Å²) in [6.07, 6.45) is -0.752. The monoisotopic (exact) mass is 224 g/mol. The number of rotatable bonds is 3. The molecular formula is C11H12O5. The van der Waals surface area contributed by atoms with E-state index in [-0.39, 0.29) is 6.61 Å². The first-order valence-corrected chi connectivity index (χ1v) is 4.60. The third-order valence-electron chi connectivity index (χ3n) is 1.68. The average molecular weight is 224 g/mol. The van der Waals surface area contributed by atoms with Crippen molar-refractivity contribution in [1.29, 1.82) is 0 Å². The second-order valence-corrected chi connectivity index (χ2v) is 2.98. The van der Waals surface area contributed by atoms with Gasteiger partial charge in [-0.3, -0.25) is 4.79 Å². The van der Waals surface area contributed by atoms with E-state index in [1.54, 1.807) is 24.3 Å². The number of ether oxygens (including phenoxy) is 3. The van der Waals surface area contributed by atoms with Crippen LogP contribution in [0.1, 0.15) is 12.5 Å². The van der Waals surface area contributed by atoms with E-state index >= 15 is 0 Å². The van der Waals surface area contributed by atoms with Crippen LogP contribution in [0.5, 0.6) is 5.75 Å². The van der Waals surface area contributed by atoms with Gasteiger partial charge in [0.25, 0.3) is 0 Å². The van der Waals surface area contributed by atoms with Gasteiger partial charge in [-0.05, 0) is 17.7 Å². The molecule has 0 atom stereocenters. The summed E-state index contributed by atoms with van der Waals surface area (Å²) in [6.45, 7) is 1.39. The van der Waals surface area contributed by atoms with E-state index in [9.17, 15) is 9.59 Å². The van der Waals surface area contributed by atoms with Crippen molar-refractivity contribution in [3.8, 4) is 5.75 Å². The number of esters is 1. The average Bonchev–Trinajstić information content (AvgIpc) is 2.25. The van der Waals surface area contributed by atoms with Gasteiger partial charge in [-0.2, -0.15) is 0 Å². The highest BCUT2D eigenvalue weighted by Crippen LogP contribution is 2.14. The zero-order valence-electron chi connectivity index (χ0n) is 9.06. The molecule has 0 fully saturated rings. The normalized spacial score (nSPS) is 9.38. The van der Waals surface area contributed by atoms with Crippen LogP contribution in [0.15, 0.2) is 24.3 Å². The van der Waals surface area contributed by atoms with E-state index in [1.165, 1.54) is 14.0 Å². The predicted octanol–water partition coefficient (Wildman–Crippen LogP) is 1.89. The molecule has 86 valence electrons. The third-order valence-corrected chi connectivity index (χ3v) is 1.68. The zero-order valence-corrected chi connectivity index (χ0v) is 9.06. The second-order valence-electron chi connectivity index (χ2n) is 2.98. The Morgan fingerprint density at radius 2 is 2.06 bits per heavy atom. The first kappa shape index (κ1) is 12.0. The van der Waals surface area contributed by atoms with Gasteiger partial charge in [0, 0.05) is 6.92 Å². The summed E-state index contributed by atoms with van der Waals surface area (Å²) in [5.41, 5.74) is 0.712. The summed E-state index contributed by atoms with van der Waals surface area (Å²) in [4.78, 5) is 21.4. The number of methoxy groups -OCH3 is 1. The zero-order chi connectivity index (χ0) is 12.0. The molecule has 0 N–H and O–H groups in total. The molecule has 5 heteroatoms. The molecule has 1 aromatic carbocycles. The molecule has 16 heavy (non-hydrogen) atoms. The SMILES string of the molecule is COC(=O)OCc1cccc(OC(C)=O)c1. The molecule has 0 aliphatic heterocycles. The van der Waals surface area contributed by atoms with E-state index in [0.29, 0.717) is 11.3 Å². The van der Waals surface area contributed by atoms with Crippen LogP contribution in [-0.2, 0) is 20.9 Å². The Balaban J connectivity index is 2.60. The van der Waals surface area contributed by atoms with Crippen molar-refractivity contribution in [2.24, 2.45) is 0 Å². The van der Waals surface area contributed by atoms with Gasteiger partial charge >= 0.3 is 12.1 Å². The Kier molecular flexibility index (Phi) is 4.32. The maximum absolute atomic E-state index is 10.7. The van der Waals surface area contributed by atoms with Crippen molar-refractivity contribution in [1.82, 2.24) is 0 Å². The van der Waals surface area contributed by atoms with E-state index < -0.39 is 12.1 Å². The minimum Gasteiger partial charge on any atom is -0.438 e. The molecule has 0 radical (unpaired) electrons. The molecule has 0 unspecified atom stereocenters. The lowest BCUT2D eigenvalue weighted by molar-refractivity contribution is -0.131. The second kappa shape index (κ2) is 5.75.